The van der Waals surface area contributed by atoms with Crippen LogP contribution < -0.4 is 4.74 Å². The summed E-state index contributed by atoms with van der Waals surface area (Å²) in [6, 6.07) is 5.83. The minimum Gasteiger partial charge on any atom is -0.437 e. The van der Waals surface area contributed by atoms with Crippen LogP contribution in [0.3, 0.4) is 0 Å². The first kappa shape index (κ1) is 18.3. The molecule has 1 amide bonds. The summed E-state index contributed by atoms with van der Waals surface area (Å²) in [5, 5.41) is 0. The van der Waals surface area contributed by atoms with Gasteiger partial charge in [0.1, 0.15) is 17.3 Å². The van der Waals surface area contributed by atoms with Gasteiger partial charge in [-0.2, -0.15) is 0 Å². The van der Waals surface area contributed by atoms with Crippen LogP contribution in [0.15, 0.2) is 36.7 Å². The van der Waals surface area contributed by atoms with Gasteiger partial charge in [0.05, 0.1) is 6.54 Å². The van der Waals surface area contributed by atoms with Crippen molar-refractivity contribution in [3.8, 4) is 11.6 Å². The van der Waals surface area contributed by atoms with Crippen LogP contribution in [0.5, 0.6) is 11.6 Å². The second-order valence-corrected chi connectivity index (χ2v) is 6.67. The van der Waals surface area contributed by atoms with Crippen LogP contribution in [-0.4, -0.2) is 59.4 Å². The second kappa shape index (κ2) is 8.23. The molecule has 1 fully saturated rings. The second-order valence-electron chi connectivity index (χ2n) is 6.67. The SMILES string of the molecule is CN(C)C(=O)CN1CCCC(c2nccnc2Oc2ccc(F)cc2)C1. The number of hydrogen-bond donors (Lipinski definition) is 0. The Morgan fingerprint density at radius 2 is 2.00 bits per heavy atom. The zero-order valence-electron chi connectivity index (χ0n) is 15.1. The molecule has 0 saturated carbocycles. The van der Waals surface area contributed by atoms with E-state index < -0.39 is 0 Å². The number of halogens is 1. The van der Waals surface area contributed by atoms with Crippen LogP contribution >= 0.6 is 0 Å². The van der Waals surface area contributed by atoms with Gasteiger partial charge in [-0.05, 0) is 43.7 Å². The molecule has 0 bridgehead atoms. The first-order chi connectivity index (χ1) is 12.5. The minimum atomic E-state index is -0.315. The maximum atomic E-state index is 13.1. The van der Waals surface area contributed by atoms with E-state index in [1.54, 1.807) is 43.5 Å². The van der Waals surface area contributed by atoms with Crippen molar-refractivity contribution in [3.05, 3.63) is 48.2 Å². The normalized spacial score (nSPS) is 17.7. The van der Waals surface area contributed by atoms with Crippen molar-refractivity contribution < 1.29 is 13.9 Å². The lowest BCUT2D eigenvalue weighted by Gasteiger charge is -2.32. The number of amides is 1. The number of likely N-dealkylation sites (N-methyl/N-ethyl adjacent to an activating group) is 1. The average Bonchev–Trinajstić information content (AvgIpc) is 2.64. The van der Waals surface area contributed by atoms with Crippen LogP contribution in [0.25, 0.3) is 0 Å². The van der Waals surface area contributed by atoms with Gasteiger partial charge in [0, 0.05) is 39.0 Å². The summed E-state index contributed by atoms with van der Waals surface area (Å²) >= 11 is 0. The molecule has 26 heavy (non-hydrogen) atoms. The molecule has 138 valence electrons. The molecule has 3 rings (SSSR count). The molecule has 7 heteroatoms. The molecule has 1 aromatic heterocycles. The molecule has 0 radical (unpaired) electrons. The van der Waals surface area contributed by atoms with Gasteiger partial charge in [0.15, 0.2) is 0 Å². The summed E-state index contributed by atoms with van der Waals surface area (Å²) in [5.74, 6) is 0.870. The lowest BCUT2D eigenvalue weighted by molar-refractivity contribution is -0.130. The van der Waals surface area contributed by atoms with Gasteiger partial charge in [-0.1, -0.05) is 0 Å². The summed E-state index contributed by atoms with van der Waals surface area (Å²) in [7, 11) is 3.53. The largest absolute Gasteiger partial charge is 0.437 e. The molecule has 0 aliphatic carbocycles. The standard InChI is InChI=1S/C19H23FN4O2/c1-23(2)17(25)13-24-11-3-4-14(12-24)18-19(22-10-9-21-18)26-16-7-5-15(20)6-8-16/h5-10,14H,3-4,11-13H2,1-2H3. The van der Waals surface area contributed by atoms with Crippen molar-refractivity contribution in [2.45, 2.75) is 18.8 Å². The van der Waals surface area contributed by atoms with Crippen molar-refractivity contribution >= 4 is 5.91 Å². The van der Waals surface area contributed by atoms with Gasteiger partial charge in [0.25, 0.3) is 0 Å². The fourth-order valence-corrected chi connectivity index (χ4v) is 3.06. The zero-order chi connectivity index (χ0) is 18.5. The topological polar surface area (TPSA) is 58.6 Å². The summed E-state index contributed by atoms with van der Waals surface area (Å²) < 4.78 is 18.9. The average molecular weight is 358 g/mol. The molecule has 0 spiro atoms. The Hall–Kier alpha value is -2.54. The maximum absolute atomic E-state index is 13.1. The molecule has 1 aliphatic heterocycles. The van der Waals surface area contributed by atoms with Crippen LogP contribution in [0.4, 0.5) is 4.39 Å². The van der Waals surface area contributed by atoms with Gasteiger partial charge in [-0.3, -0.25) is 14.7 Å². The Morgan fingerprint density at radius 3 is 2.73 bits per heavy atom. The quantitative estimate of drug-likeness (QED) is 0.822. The van der Waals surface area contributed by atoms with E-state index in [-0.39, 0.29) is 17.6 Å². The van der Waals surface area contributed by atoms with Crippen molar-refractivity contribution in [1.29, 1.82) is 0 Å². The molecule has 6 nitrogen and oxygen atoms in total. The minimum absolute atomic E-state index is 0.0904. The summed E-state index contributed by atoms with van der Waals surface area (Å²) in [6.07, 6.45) is 5.18. The fourth-order valence-electron chi connectivity index (χ4n) is 3.06. The molecule has 1 unspecified atom stereocenters. The number of benzene rings is 1. The van der Waals surface area contributed by atoms with Gasteiger partial charge in [-0.15, -0.1) is 0 Å². The fraction of sp³-hybridized carbons (Fsp3) is 0.421. The molecule has 1 atom stereocenters. The highest BCUT2D eigenvalue weighted by Crippen LogP contribution is 2.32. The number of likely N-dealkylation sites (tertiary alicyclic amines) is 1. The van der Waals surface area contributed by atoms with E-state index in [9.17, 15) is 9.18 Å². The van der Waals surface area contributed by atoms with Crippen molar-refractivity contribution in [2.24, 2.45) is 0 Å². The van der Waals surface area contributed by atoms with E-state index >= 15 is 0 Å². The van der Waals surface area contributed by atoms with Gasteiger partial charge < -0.3 is 9.64 Å². The van der Waals surface area contributed by atoms with E-state index in [2.05, 4.69) is 14.9 Å². The molecular weight excluding hydrogens is 335 g/mol. The first-order valence-electron chi connectivity index (χ1n) is 8.70. The molecule has 2 heterocycles. The van der Waals surface area contributed by atoms with Crippen LogP contribution in [0, 0.1) is 5.82 Å². The molecular formula is C19H23FN4O2. The third-order valence-electron chi connectivity index (χ3n) is 4.47. The molecule has 2 aromatic rings. The Bertz CT molecular complexity index is 751. The Balaban J connectivity index is 1.74. The van der Waals surface area contributed by atoms with Gasteiger partial charge in [0.2, 0.25) is 11.8 Å². The number of aromatic nitrogens is 2. The van der Waals surface area contributed by atoms with Crippen molar-refractivity contribution in [2.75, 3.05) is 33.7 Å². The highest BCUT2D eigenvalue weighted by molar-refractivity contribution is 5.77. The van der Waals surface area contributed by atoms with E-state index in [0.29, 0.717) is 18.2 Å². The Labute approximate surface area is 152 Å². The molecule has 1 aliphatic rings. The predicted molar refractivity (Wildman–Crippen MR) is 95.6 cm³/mol. The van der Waals surface area contributed by atoms with Crippen molar-refractivity contribution in [3.63, 3.8) is 0 Å². The summed E-state index contributed by atoms with van der Waals surface area (Å²) in [5.41, 5.74) is 0.777. The number of carbonyl (C=O) groups is 1. The first-order valence-corrected chi connectivity index (χ1v) is 8.70. The van der Waals surface area contributed by atoms with Crippen LogP contribution in [-0.2, 0) is 4.79 Å². The van der Waals surface area contributed by atoms with Gasteiger partial charge >= 0.3 is 0 Å². The Kier molecular flexibility index (Phi) is 5.78. The monoisotopic (exact) mass is 358 g/mol. The zero-order valence-corrected chi connectivity index (χ0v) is 15.1. The molecule has 0 N–H and O–H groups in total. The number of rotatable bonds is 5. The smallest absolute Gasteiger partial charge is 0.241 e. The Morgan fingerprint density at radius 1 is 1.27 bits per heavy atom. The van der Waals surface area contributed by atoms with Gasteiger partial charge in [-0.25, -0.2) is 9.37 Å². The predicted octanol–water partition coefficient (Wildman–Crippen LogP) is 2.68. The third kappa shape index (κ3) is 4.54. The number of ether oxygens (including phenoxy) is 1. The maximum Gasteiger partial charge on any atom is 0.241 e. The molecule has 1 saturated heterocycles. The van der Waals surface area contributed by atoms with Crippen LogP contribution in [0.2, 0.25) is 0 Å². The van der Waals surface area contributed by atoms with Crippen LogP contribution in [0.1, 0.15) is 24.5 Å². The van der Waals surface area contributed by atoms with E-state index in [1.807, 2.05) is 0 Å². The molecule has 1 aromatic carbocycles. The number of hydrogen-bond acceptors (Lipinski definition) is 5. The van der Waals surface area contributed by atoms with Crippen molar-refractivity contribution in [1.82, 2.24) is 19.8 Å². The number of piperidine rings is 1. The number of nitrogens with zero attached hydrogens (tertiary/aromatic N) is 4. The third-order valence-corrected chi connectivity index (χ3v) is 4.47. The van der Waals surface area contributed by atoms with E-state index in [4.69, 9.17) is 4.74 Å². The summed E-state index contributed by atoms with van der Waals surface area (Å²) in [6.45, 7) is 2.03. The highest BCUT2D eigenvalue weighted by Gasteiger charge is 2.27. The number of carbonyl (C=O) groups excluding carboxylic acids is 1. The van der Waals surface area contributed by atoms with E-state index in [0.717, 1.165) is 31.6 Å². The lowest BCUT2D eigenvalue weighted by atomic mass is 9.94. The van der Waals surface area contributed by atoms with E-state index in [1.165, 1.54) is 12.1 Å². The highest BCUT2D eigenvalue weighted by atomic mass is 19.1. The lowest BCUT2D eigenvalue weighted by Crippen LogP contribution is -2.41. The summed E-state index contributed by atoms with van der Waals surface area (Å²) in [4.78, 5) is 24.5.